The molecular formula is C19H40N2O3. The molecule has 1 atom stereocenters. The van der Waals surface area contributed by atoms with E-state index in [1.165, 1.54) is 0 Å². The second-order valence-corrected chi connectivity index (χ2v) is 5.49. The molecule has 0 aromatic carbocycles. The van der Waals surface area contributed by atoms with Crippen LogP contribution in [0.2, 0.25) is 0 Å². The highest BCUT2D eigenvalue weighted by molar-refractivity contribution is 5.76. The Balaban J connectivity index is 0. The minimum atomic E-state index is 0.234. The monoisotopic (exact) mass is 344 g/mol. The summed E-state index contributed by atoms with van der Waals surface area (Å²) in [4.78, 5) is 24.3. The highest BCUT2D eigenvalue weighted by Gasteiger charge is 2.21. The minimum absolute atomic E-state index is 0.234. The van der Waals surface area contributed by atoms with Crippen LogP contribution in [0.4, 0.5) is 0 Å². The van der Waals surface area contributed by atoms with Gasteiger partial charge in [0.05, 0.1) is 6.10 Å². The summed E-state index contributed by atoms with van der Waals surface area (Å²) in [6.07, 6.45) is 6.26. The van der Waals surface area contributed by atoms with Crippen molar-refractivity contribution in [3.63, 3.8) is 0 Å². The topological polar surface area (TPSA) is 58.6 Å². The number of carbonyl (C=O) groups excluding carboxylic acids is 2. The zero-order valence-electron chi connectivity index (χ0n) is 16.8. The second kappa shape index (κ2) is 18.2. The number of hydrogen-bond donors (Lipinski definition) is 1. The number of hydrogen-bond acceptors (Lipinski definition) is 3. The van der Waals surface area contributed by atoms with E-state index in [-0.39, 0.29) is 11.9 Å². The molecule has 1 fully saturated rings. The molecule has 1 unspecified atom stereocenters. The van der Waals surface area contributed by atoms with E-state index in [9.17, 15) is 9.59 Å². The smallest absolute Gasteiger partial charge is 0.222 e. The number of amides is 2. The molecule has 0 aliphatic carbocycles. The van der Waals surface area contributed by atoms with Crippen molar-refractivity contribution in [3.05, 3.63) is 0 Å². The summed E-state index contributed by atoms with van der Waals surface area (Å²) in [7, 11) is 0. The summed E-state index contributed by atoms with van der Waals surface area (Å²) in [5, 5.41) is 2.78. The molecule has 2 amide bonds. The number of rotatable bonds is 9. The Morgan fingerprint density at radius 2 is 1.79 bits per heavy atom. The fourth-order valence-corrected chi connectivity index (χ4v) is 2.33. The van der Waals surface area contributed by atoms with Gasteiger partial charge in [-0.3, -0.25) is 9.59 Å². The van der Waals surface area contributed by atoms with E-state index in [1.54, 1.807) is 0 Å². The molecule has 1 heterocycles. The molecule has 1 N–H and O–H groups in total. The van der Waals surface area contributed by atoms with Crippen molar-refractivity contribution in [1.82, 2.24) is 10.2 Å². The van der Waals surface area contributed by atoms with Gasteiger partial charge in [-0.1, -0.05) is 34.6 Å². The van der Waals surface area contributed by atoms with E-state index >= 15 is 0 Å². The van der Waals surface area contributed by atoms with Crippen LogP contribution in [-0.2, 0) is 14.3 Å². The summed E-state index contributed by atoms with van der Waals surface area (Å²) >= 11 is 0. The quantitative estimate of drug-likeness (QED) is 0.512. The number of piperidine rings is 1. The van der Waals surface area contributed by atoms with Crippen molar-refractivity contribution in [2.45, 2.75) is 92.2 Å². The molecular weight excluding hydrogens is 304 g/mol. The predicted octanol–water partition coefficient (Wildman–Crippen LogP) is 3.76. The van der Waals surface area contributed by atoms with Crippen LogP contribution in [0.1, 0.15) is 80.1 Å². The lowest BCUT2D eigenvalue weighted by molar-refractivity contribution is -0.132. The molecule has 1 aliphatic heterocycles. The van der Waals surface area contributed by atoms with Gasteiger partial charge < -0.3 is 15.0 Å². The normalized spacial score (nSPS) is 15.3. The first kappa shape index (κ1) is 25.1. The van der Waals surface area contributed by atoms with Crippen LogP contribution in [0, 0.1) is 0 Å². The predicted molar refractivity (Wildman–Crippen MR) is 101 cm³/mol. The molecule has 0 aromatic heterocycles. The summed E-state index contributed by atoms with van der Waals surface area (Å²) in [5.74, 6) is 0.234. The van der Waals surface area contributed by atoms with Gasteiger partial charge in [-0.25, -0.2) is 0 Å². The van der Waals surface area contributed by atoms with Crippen molar-refractivity contribution in [1.29, 1.82) is 0 Å². The molecule has 0 radical (unpaired) electrons. The van der Waals surface area contributed by atoms with Crippen molar-refractivity contribution in [2.75, 3.05) is 19.7 Å². The van der Waals surface area contributed by atoms with Gasteiger partial charge in [0.15, 0.2) is 0 Å². The van der Waals surface area contributed by atoms with E-state index in [0.717, 1.165) is 58.2 Å². The first-order valence-corrected chi connectivity index (χ1v) is 9.76. The van der Waals surface area contributed by atoms with E-state index in [4.69, 9.17) is 4.74 Å². The summed E-state index contributed by atoms with van der Waals surface area (Å²) in [5.41, 5.74) is 0. The zero-order valence-corrected chi connectivity index (χ0v) is 16.8. The molecule has 144 valence electrons. The largest absolute Gasteiger partial charge is 0.379 e. The lowest BCUT2D eigenvalue weighted by atomic mass is 10.0. The lowest BCUT2D eigenvalue weighted by Gasteiger charge is -2.31. The van der Waals surface area contributed by atoms with Crippen LogP contribution in [-0.4, -0.2) is 49.1 Å². The molecule has 0 aromatic rings. The van der Waals surface area contributed by atoms with Gasteiger partial charge >= 0.3 is 0 Å². The highest BCUT2D eigenvalue weighted by atomic mass is 16.5. The molecule has 24 heavy (non-hydrogen) atoms. The van der Waals surface area contributed by atoms with Crippen LogP contribution in [0.15, 0.2) is 0 Å². The third-order valence-electron chi connectivity index (χ3n) is 3.91. The van der Waals surface area contributed by atoms with Crippen LogP contribution in [0.25, 0.3) is 0 Å². The van der Waals surface area contributed by atoms with E-state index in [1.807, 2.05) is 32.6 Å². The van der Waals surface area contributed by atoms with Crippen molar-refractivity contribution in [3.8, 4) is 0 Å². The number of nitrogens with zero attached hydrogens (tertiary/aromatic N) is 1. The van der Waals surface area contributed by atoms with E-state index in [0.29, 0.717) is 12.5 Å². The van der Waals surface area contributed by atoms with Crippen LogP contribution >= 0.6 is 0 Å². The lowest BCUT2D eigenvalue weighted by Crippen LogP contribution is -2.44. The average Bonchev–Trinajstić information content (AvgIpc) is 2.65. The van der Waals surface area contributed by atoms with Crippen molar-refractivity contribution >= 4 is 12.3 Å². The molecule has 0 bridgehead atoms. The molecule has 5 nitrogen and oxygen atoms in total. The number of likely N-dealkylation sites (tertiary alicyclic amines) is 1. The third kappa shape index (κ3) is 12.3. The van der Waals surface area contributed by atoms with E-state index < -0.39 is 0 Å². The van der Waals surface area contributed by atoms with E-state index in [2.05, 4.69) is 19.2 Å². The SMILES string of the molecule is CC.CC.CCC(C)OCCCCC(=O)N1CCC(NC=O)CC1. The van der Waals surface area contributed by atoms with Crippen LogP contribution in [0.5, 0.6) is 0 Å². The van der Waals surface area contributed by atoms with Gasteiger partial charge in [0.1, 0.15) is 0 Å². The Kier molecular flexibility index (Phi) is 19.1. The number of carbonyl (C=O) groups is 2. The minimum Gasteiger partial charge on any atom is -0.379 e. The Hall–Kier alpha value is -1.10. The number of ether oxygens (including phenoxy) is 1. The molecule has 1 saturated heterocycles. The Labute approximate surface area is 149 Å². The van der Waals surface area contributed by atoms with Gasteiger partial charge in [-0.2, -0.15) is 0 Å². The maximum absolute atomic E-state index is 12.0. The summed E-state index contributed by atoms with van der Waals surface area (Å²) in [6.45, 7) is 14.4. The Morgan fingerprint density at radius 1 is 1.21 bits per heavy atom. The van der Waals surface area contributed by atoms with Crippen LogP contribution in [0.3, 0.4) is 0 Å². The molecule has 0 saturated carbocycles. The first-order valence-electron chi connectivity index (χ1n) is 9.76. The van der Waals surface area contributed by atoms with Gasteiger partial charge in [-0.15, -0.1) is 0 Å². The second-order valence-electron chi connectivity index (χ2n) is 5.49. The standard InChI is InChI=1S/C15H28N2O3.2C2H6/c1-3-13(2)20-11-5-4-6-15(19)17-9-7-14(8-10-17)16-12-18;2*1-2/h12-14H,3-11H2,1-2H3,(H,16,18);2*1-2H3. The van der Waals surface area contributed by atoms with Crippen molar-refractivity contribution in [2.24, 2.45) is 0 Å². The molecule has 1 aliphatic rings. The fraction of sp³-hybridized carbons (Fsp3) is 0.895. The highest BCUT2D eigenvalue weighted by Crippen LogP contribution is 2.12. The maximum atomic E-state index is 12.0. The first-order chi connectivity index (χ1) is 11.7. The summed E-state index contributed by atoms with van der Waals surface area (Å²) in [6, 6.07) is 0.237. The Bertz CT molecular complexity index is 290. The van der Waals surface area contributed by atoms with Gasteiger partial charge in [0, 0.05) is 32.2 Å². The van der Waals surface area contributed by atoms with Gasteiger partial charge in [0.2, 0.25) is 12.3 Å². The zero-order chi connectivity index (χ0) is 18.8. The maximum Gasteiger partial charge on any atom is 0.222 e. The molecule has 0 spiro atoms. The third-order valence-corrected chi connectivity index (χ3v) is 3.91. The van der Waals surface area contributed by atoms with Crippen molar-refractivity contribution < 1.29 is 14.3 Å². The fourth-order valence-electron chi connectivity index (χ4n) is 2.33. The average molecular weight is 345 g/mol. The van der Waals surface area contributed by atoms with Gasteiger partial charge in [0.25, 0.3) is 0 Å². The summed E-state index contributed by atoms with van der Waals surface area (Å²) < 4.78 is 5.59. The molecule has 1 rings (SSSR count). The van der Waals surface area contributed by atoms with Gasteiger partial charge in [-0.05, 0) is 39.0 Å². The number of nitrogens with one attached hydrogen (secondary N) is 1. The Morgan fingerprint density at radius 3 is 2.29 bits per heavy atom. The molecule has 5 heteroatoms. The number of unbranched alkanes of at least 4 members (excludes halogenated alkanes) is 1. The van der Waals surface area contributed by atoms with Crippen LogP contribution < -0.4 is 5.32 Å².